The molecule has 1 aromatic heterocycles. The molecule has 0 radical (unpaired) electrons. The molecule has 0 saturated heterocycles. The molecule has 22 heavy (non-hydrogen) atoms. The van der Waals surface area contributed by atoms with Crippen molar-refractivity contribution in [1.82, 2.24) is 0 Å². The van der Waals surface area contributed by atoms with E-state index in [0.29, 0.717) is 11.3 Å². The lowest BCUT2D eigenvalue weighted by atomic mass is 10.1. The average Bonchev–Trinajstić information content (AvgIpc) is 2.52. The number of benzene rings is 2. The summed E-state index contributed by atoms with van der Waals surface area (Å²) in [7, 11) is 1.57. The highest BCUT2D eigenvalue weighted by Gasteiger charge is 2.08. The summed E-state index contributed by atoms with van der Waals surface area (Å²) in [5, 5.41) is 0.829. The summed E-state index contributed by atoms with van der Waals surface area (Å²) >= 11 is 3.40. The lowest BCUT2D eigenvalue weighted by molar-refractivity contribution is 0.306. The molecular weight excluding hydrogens is 348 g/mol. The topological polar surface area (TPSA) is 48.7 Å². The molecule has 4 nitrogen and oxygen atoms in total. The van der Waals surface area contributed by atoms with Crippen LogP contribution in [0, 0.1) is 0 Å². The van der Waals surface area contributed by atoms with Gasteiger partial charge in [0.15, 0.2) is 0 Å². The van der Waals surface area contributed by atoms with Crippen molar-refractivity contribution in [2.45, 2.75) is 6.61 Å². The van der Waals surface area contributed by atoms with E-state index in [1.54, 1.807) is 13.2 Å². The van der Waals surface area contributed by atoms with Gasteiger partial charge in [-0.2, -0.15) is 0 Å². The zero-order chi connectivity index (χ0) is 15.5. The van der Waals surface area contributed by atoms with Gasteiger partial charge in [0.2, 0.25) is 0 Å². The molecule has 0 spiro atoms. The van der Waals surface area contributed by atoms with Gasteiger partial charge in [-0.05, 0) is 30.3 Å². The van der Waals surface area contributed by atoms with E-state index in [9.17, 15) is 4.79 Å². The summed E-state index contributed by atoms with van der Waals surface area (Å²) in [4.78, 5) is 11.7. The van der Waals surface area contributed by atoms with Crippen LogP contribution in [-0.4, -0.2) is 7.11 Å². The van der Waals surface area contributed by atoms with Gasteiger partial charge in [0.1, 0.15) is 23.7 Å². The highest BCUT2D eigenvalue weighted by molar-refractivity contribution is 9.10. The monoisotopic (exact) mass is 360 g/mol. The summed E-state index contributed by atoms with van der Waals surface area (Å²) in [6.45, 7) is 0.283. The van der Waals surface area contributed by atoms with Crippen LogP contribution in [0.3, 0.4) is 0 Å². The molecular formula is C17H13BrO4. The van der Waals surface area contributed by atoms with E-state index in [-0.39, 0.29) is 6.61 Å². The fourth-order valence-electron chi connectivity index (χ4n) is 2.17. The van der Waals surface area contributed by atoms with E-state index in [1.807, 2.05) is 36.4 Å². The van der Waals surface area contributed by atoms with E-state index in [4.69, 9.17) is 13.9 Å². The normalized spacial score (nSPS) is 10.6. The van der Waals surface area contributed by atoms with Crippen molar-refractivity contribution in [3.05, 3.63) is 69.0 Å². The lowest BCUT2D eigenvalue weighted by Crippen LogP contribution is -2.04. The summed E-state index contributed by atoms with van der Waals surface area (Å²) in [5.74, 6) is 1.37. The molecule has 0 aliphatic carbocycles. The fraction of sp³-hybridized carbons (Fsp3) is 0.118. The molecule has 0 aliphatic rings. The van der Waals surface area contributed by atoms with Gasteiger partial charge in [-0.15, -0.1) is 0 Å². The summed E-state index contributed by atoms with van der Waals surface area (Å²) in [5.41, 5.74) is 0.849. The predicted octanol–water partition coefficient (Wildman–Crippen LogP) is 4.14. The van der Waals surface area contributed by atoms with E-state index in [0.717, 1.165) is 21.2 Å². The smallest absolute Gasteiger partial charge is 0.336 e. The van der Waals surface area contributed by atoms with Gasteiger partial charge in [0.25, 0.3) is 0 Å². The van der Waals surface area contributed by atoms with Crippen molar-refractivity contribution in [1.29, 1.82) is 0 Å². The Morgan fingerprint density at radius 1 is 1.09 bits per heavy atom. The Balaban J connectivity index is 1.94. The Morgan fingerprint density at radius 2 is 1.95 bits per heavy atom. The number of fused-ring (bicyclic) bond motifs is 1. The van der Waals surface area contributed by atoms with Gasteiger partial charge >= 0.3 is 5.63 Å². The maximum atomic E-state index is 11.7. The molecule has 0 bridgehead atoms. The first-order valence-corrected chi connectivity index (χ1v) is 7.44. The molecule has 0 unspecified atom stereocenters. The van der Waals surface area contributed by atoms with Crippen molar-refractivity contribution in [3.63, 3.8) is 0 Å². The average molecular weight is 361 g/mol. The molecule has 2 aromatic carbocycles. The Kier molecular flexibility index (Phi) is 4.15. The Bertz CT molecular complexity index is 870. The molecule has 0 N–H and O–H groups in total. The molecule has 0 atom stereocenters. The van der Waals surface area contributed by atoms with Crippen molar-refractivity contribution in [3.8, 4) is 11.5 Å². The number of rotatable bonds is 4. The van der Waals surface area contributed by atoms with Crippen molar-refractivity contribution in [2.75, 3.05) is 7.11 Å². The predicted molar refractivity (Wildman–Crippen MR) is 87.5 cm³/mol. The van der Waals surface area contributed by atoms with Crippen molar-refractivity contribution < 1.29 is 13.9 Å². The number of ether oxygens (including phenoxy) is 2. The van der Waals surface area contributed by atoms with Gasteiger partial charge < -0.3 is 13.9 Å². The van der Waals surface area contributed by atoms with Crippen LogP contribution in [0.25, 0.3) is 11.0 Å². The fourth-order valence-corrected chi connectivity index (χ4v) is 2.55. The second kappa shape index (κ2) is 6.23. The minimum atomic E-state index is -0.409. The molecule has 5 heteroatoms. The second-order valence-corrected chi connectivity index (χ2v) is 5.61. The first-order chi connectivity index (χ1) is 10.7. The first kappa shape index (κ1) is 14.7. The largest absolute Gasteiger partial charge is 0.497 e. The molecule has 0 aliphatic heterocycles. The van der Waals surface area contributed by atoms with E-state index >= 15 is 0 Å². The van der Waals surface area contributed by atoms with Crippen LogP contribution in [0.15, 0.2) is 62.2 Å². The van der Waals surface area contributed by atoms with Crippen molar-refractivity contribution in [2.24, 2.45) is 0 Å². The summed E-state index contributed by atoms with van der Waals surface area (Å²) in [6.07, 6.45) is 0. The van der Waals surface area contributed by atoms with Gasteiger partial charge in [-0.25, -0.2) is 4.79 Å². The van der Waals surface area contributed by atoms with E-state index in [2.05, 4.69) is 15.9 Å². The Labute approximate surface area is 135 Å². The highest BCUT2D eigenvalue weighted by atomic mass is 79.9. The van der Waals surface area contributed by atoms with Gasteiger partial charge in [0.05, 0.1) is 7.11 Å². The van der Waals surface area contributed by atoms with Crippen molar-refractivity contribution >= 4 is 26.9 Å². The second-order valence-electron chi connectivity index (χ2n) is 4.70. The number of hydrogen-bond acceptors (Lipinski definition) is 4. The van der Waals surface area contributed by atoms with Crippen LogP contribution in [-0.2, 0) is 6.61 Å². The Morgan fingerprint density at radius 3 is 2.73 bits per heavy atom. The van der Waals surface area contributed by atoms with Crippen LogP contribution in [0.1, 0.15) is 5.56 Å². The molecule has 3 aromatic rings. The standard InChI is InChI=1S/C17H13BrO4/c1-20-13-5-6-15-11(7-17(19)22-16(15)9-13)10-21-14-4-2-3-12(18)8-14/h2-9H,10H2,1H3. The van der Waals surface area contributed by atoms with Crippen LogP contribution < -0.4 is 15.1 Å². The van der Waals surface area contributed by atoms with Gasteiger partial charge in [0, 0.05) is 27.6 Å². The minimum absolute atomic E-state index is 0.283. The zero-order valence-corrected chi connectivity index (χ0v) is 13.4. The first-order valence-electron chi connectivity index (χ1n) is 6.65. The Hall–Kier alpha value is -2.27. The number of hydrogen-bond donors (Lipinski definition) is 0. The third kappa shape index (κ3) is 3.14. The van der Waals surface area contributed by atoms with Crippen LogP contribution in [0.5, 0.6) is 11.5 Å². The third-order valence-electron chi connectivity index (χ3n) is 3.23. The van der Waals surface area contributed by atoms with E-state index < -0.39 is 5.63 Å². The van der Waals surface area contributed by atoms with Gasteiger partial charge in [-0.3, -0.25) is 0 Å². The number of methoxy groups -OCH3 is 1. The van der Waals surface area contributed by atoms with Crippen LogP contribution in [0.4, 0.5) is 0 Å². The summed E-state index contributed by atoms with van der Waals surface area (Å²) in [6, 6.07) is 14.4. The number of halogens is 1. The molecule has 1 heterocycles. The quantitative estimate of drug-likeness (QED) is 0.656. The van der Waals surface area contributed by atoms with E-state index in [1.165, 1.54) is 6.07 Å². The highest BCUT2D eigenvalue weighted by Crippen LogP contribution is 2.24. The lowest BCUT2D eigenvalue weighted by Gasteiger charge is -2.09. The SMILES string of the molecule is COc1ccc2c(COc3cccc(Br)c3)cc(=O)oc2c1. The van der Waals surface area contributed by atoms with Crippen LogP contribution in [0.2, 0.25) is 0 Å². The maximum Gasteiger partial charge on any atom is 0.336 e. The van der Waals surface area contributed by atoms with Gasteiger partial charge in [-0.1, -0.05) is 22.0 Å². The molecule has 112 valence electrons. The zero-order valence-electron chi connectivity index (χ0n) is 11.8. The molecule has 3 rings (SSSR count). The summed E-state index contributed by atoms with van der Waals surface area (Å²) < 4.78 is 17.1. The minimum Gasteiger partial charge on any atom is -0.497 e. The van der Waals surface area contributed by atoms with Crippen LogP contribution >= 0.6 is 15.9 Å². The molecule has 0 amide bonds. The third-order valence-corrected chi connectivity index (χ3v) is 3.72. The molecule has 0 fully saturated rings. The molecule has 0 saturated carbocycles. The maximum absolute atomic E-state index is 11.7.